The van der Waals surface area contributed by atoms with Gasteiger partial charge in [0.25, 0.3) is 15.9 Å². The summed E-state index contributed by atoms with van der Waals surface area (Å²) in [5.74, 6) is 0.827. The first-order valence-corrected chi connectivity index (χ1v) is 11.5. The molecule has 0 spiro atoms. The summed E-state index contributed by atoms with van der Waals surface area (Å²) >= 11 is 6.02. The summed E-state index contributed by atoms with van der Waals surface area (Å²) in [5.41, 5.74) is 0.834. The molecule has 1 amide bonds. The van der Waals surface area contributed by atoms with Crippen molar-refractivity contribution in [2.24, 2.45) is 0 Å². The Balaban J connectivity index is 1.58. The van der Waals surface area contributed by atoms with Gasteiger partial charge < -0.3 is 14.8 Å². The Morgan fingerprint density at radius 3 is 2.28 bits per heavy atom. The molecule has 168 valence electrons. The molecule has 0 bridgehead atoms. The minimum Gasteiger partial charge on any atom is -0.497 e. The third-order valence-electron chi connectivity index (χ3n) is 4.69. The Bertz CT molecular complexity index is 1170. The lowest BCUT2D eigenvalue weighted by Gasteiger charge is -2.20. The molecule has 0 unspecified atom stereocenters. The van der Waals surface area contributed by atoms with E-state index in [9.17, 15) is 13.2 Å². The molecule has 32 heavy (non-hydrogen) atoms. The van der Waals surface area contributed by atoms with E-state index in [2.05, 4.69) is 5.32 Å². The quantitative estimate of drug-likeness (QED) is 0.474. The topological polar surface area (TPSA) is 84.9 Å². The maximum absolute atomic E-state index is 12.8. The molecule has 1 N–H and O–H groups in total. The molecule has 0 aliphatic rings. The Morgan fingerprint density at radius 2 is 1.66 bits per heavy atom. The molecule has 0 saturated heterocycles. The molecule has 0 atom stereocenters. The average molecular weight is 475 g/mol. The lowest BCUT2D eigenvalue weighted by molar-refractivity contribution is 0.0947. The van der Waals surface area contributed by atoms with Crippen molar-refractivity contribution in [3.8, 4) is 11.5 Å². The Morgan fingerprint density at radius 1 is 1.00 bits per heavy atom. The SMILES string of the molecule is COc1ccc(S(=O)(=O)N(C)c2ccc(C(=O)NCCOc3ccccc3Cl)cc2)cc1. The molecule has 0 aliphatic carbocycles. The third-order valence-corrected chi connectivity index (χ3v) is 6.80. The molecule has 0 heterocycles. The van der Waals surface area contributed by atoms with Gasteiger partial charge in [-0.2, -0.15) is 0 Å². The van der Waals surface area contributed by atoms with Gasteiger partial charge in [-0.15, -0.1) is 0 Å². The highest BCUT2D eigenvalue weighted by Crippen LogP contribution is 2.24. The van der Waals surface area contributed by atoms with E-state index in [1.54, 1.807) is 54.6 Å². The molecule has 3 aromatic carbocycles. The van der Waals surface area contributed by atoms with E-state index in [1.165, 1.54) is 26.3 Å². The van der Waals surface area contributed by atoms with Crippen LogP contribution in [0, 0.1) is 0 Å². The first kappa shape index (κ1) is 23.4. The lowest BCUT2D eigenvalue weighted by Crippen LogP contribution is -2.28. The van der Waals surface area contributed by atoms with Crippen LogP contribution in [-0.2, 0) is 10.0 Å². The van der Waals surface area contributed by atoms with Crippen LogP contribution in [0.5, 0.6) is 11.5 Å². The van der Waals surface area contributed by atoms with Gasteiger partial charge in [-0.1, -0.05) is 23.7 Å². The fourth-order valence-corrected chi connectivity index (χ4v) is 4.24. The van der Waals surface area contributed by atoms with Gasteiger partial charge in [0.05, 0.1) is 29.3 Å². The Kier molecular flexibility index (Phi) is 7.61. The molecule has 3 aromatic rings. The highest BCUT2D eigenvalue weighted by atomic mass is 35.5. The van der Waals surface area contributed by atoms with E-state index in [1.807, 2.05) is 6.07 Å². The van der Waals surface area contributed by atoms with Gasteiger partial charge in [0, 0.05) is 12.6 Å². The van der Waals surface area contributed by atoms with E-state index in [0.717, 1.165) is 4.31 Å². The van der Waals surface area contributed by atoms with Crippen LogP contribution >= 0.6 is 11.6 Å². The number of carbonyl (C=O) groups excluding carboxylic acids is 1. The number of nitrogens with one attached hydrogen (secondary N) is 1. The maximum Gasteiger partial charge on any atom is 0.264 e. The summed E-state index contributed by atoms with van der Waals surface area (Å²) in [7, 11) is -0.776. The van der Waals surface area contributed by atoms with Crippen molar-refractivity contribution >= 4 is 33.2 Å². The number of carbonyl (C=O) groups is 1. The summed E-state index contributed by atoms with van der Waals surface area (Å²) in [6, 6.07) is 19.5. The molecule has 0 radical (unpaired) electrons. The van der Waals surface area contributed by atoms with E-state index in [0.29, 0.717) is 27.8 Å². The van der Waals surface area contributed by atoms with Crippen LogP contribution in [0.25, 0.3) is 0 Å². The second kappa shape index (κ2) is 10.4. The van der Waals surface area contributed by atoms with E-state index >= 15 is 0 Å². The summed E-state index contributed by atoms with van der Waals surface area (Å²) in [5, 5.41) is 3.26. The van der Waals surface area contributed by atoms with Gasteiger partial charge in [0.1, 0.15) is 18.1 Å². The molecule has 0 aromatic heterocycles. The molecular weight excluding hydrogens is 452 g/mol. The number of halogens is 1. The van der Waals surface area contributed by atoms with Crippen LogP contribution in [0.15, 0.2) is 77.7 Å². The van der Waals surface area contributed by atoms with Crippen LogP contribution in [0.4, 0.5) is 5.69 Å². The van der Waals surface area contributed by atoms with Gasteiger partial charge in [-0.05, 0) is 60.7 Å². The van der Waals surface area contributed by atoms with Gasteiger partial charge in [0.15, 0.2) is 0 Å². The lowest BCUT2D eigenvalue weighted by atomic mass is 10.2. The number of rotatable bonds is 9. The highest BCUT2D eigenvalue weighted by Gasteiger charge is 2.21. The Labute approximate surface area is 192 Å². The van der Waals surface area contributed by atoms with Gasteiger partial charge in [0.2, 0.25) is 0 Å². The van der Waals surface area contributed by atoms with Crippen LogP contribution in [0.1, 0.15) is 10.4 Å². The van der Waals surface area contributed by atoms with Gasteiger partial charge in [-0.25, -0.2) is 8.42 Å². The predicted molar refractivity (Wildman–Crippen MR) is 124 cm³/mol. The minimum absolute atomic E-state index is 0.140. The minimum atomic E-state index is -3.75. The molecule has 9 heteroatoms. The molecule has 3 rings (SSSR count). The van der Waals surface area contributed by atoms with Crippen LogP contribution in [-0.4, -0.2) is 41.6 Å². The first-order valence-electron chi connectivity index (χ1n) is 9.71. The van der Waals surface area contributed by atoms with E-state index in [4.69, 9.17) is 21.1 Å². The van der Waals surface area contributed by atoms with Crippen molar-refractivity contribution in [3.63, 3.8) is 0 Å². The Hall–Kier alpha value is -3.23. The van der Waals surface area contributed by atoms with Crippen molar-refractivity contribution in [2.45, 2.75) is 4.90 Å². The van der Waals surface area contributed by atoms with Crippen LogP contribution in [0.2, 0.25) is 5.02 Å². The zero-order valence-electron chi connectivity index (χ0n) is 17.6. The molecule has 0 fully saturated rings. The van der Waals surface area contributed by atoms with Crippen molar-refractivity contribution in [1.82, 2.24) is 5.32 Å². The monoisotopic (exact) mass is 474 g/mol. The fraction of sp³-hybridized carbons (Fsp3) is 0.174. The summed E-state index contributed by atoms with van der Waals surface area (Å²) in [6.45, 7) is 0.550. The number of amides is 1. The van der Waals surface area contributed by atoms with Crippen molar-refractivity contribution < 1.29 is 22.7 Å². The number of benzene rings is 3. The molecule has 0 aliphatic heterocycles. The largest absolute Gasteiger partial charge is 0.497 e. The zero-order valence-corrected chi connectivity index (χ0v) is 19.2. The second-order valence-electron chi connectivity index (χ2n) is 6.73. The van der Waals surface area contributed by atoms with Crippen molar-refractivity contribution in [2.75, 3.05) is 31.6 Å². The standard InChI is InChI=1S/C23H23ClN2O5S/c1-26(32(28,29)20-13-11-19(30-2)12-14-20)18-9-7-17(8-10-18)23(27)25-15-16-31-22-6-4-3-5-21(22)24/h3-14H,15-16H2,1-2H3,(H,25,27). The van der Waals surface area contributed by atoms with Gasteiger partial charge >= 0.3 is 0 Å². The number of ether oxygens (including phenoxy) is 2. The number of methoxy groups -OCH3 is 1. The van der Waals surface area contributed by atoms with Gasteiger partial charge in [-0.3, -0.25) is 9.10 Å². The molecular formula is C23H23ClN2O5S. The predicted octanol–water partition coefficient (Wildman–Crippen LogP) is 3.98. The number of nitrogens with zero attached hydrogens (tertiary/aromatic N) is 1. The summed E-state index contributed by atoms with van der Waals surface area (Å²) < 4.78 is 37.5. The van der Waals surface area contributed by atoms with E-state index in [-0.39, 0.29) is 24.0 Å². The number of sulfonamides is 1. The number of anilines is 1. The average Bonchev–Trinajstić information content (AvgIpc) is 2.82. The van der Waals surface area contributed by atoms with Crippen molar-refractivity contribution in [3.05, 3.63) is 83.4 Å². The normalized spacial score (nSPS) is 11.0. The molecule has 7 nitrogen and oxygen atoms in total. The number of hydrogen-bond acceptors (Lipinski definition) is 5. The summed E-state index contributed by atoms with van der Waals surface area (Å²) in [6.07, 6.45) is 0. The van der Waals surface area contributed by atoms with Crippen LogP contribution < -0.4 is 19.1 Å². The highest BCUT2D eigenvalue weighted by molar-refractivity contribution is 7.92. The first-order chi connectivity index (χ1) is 15.3. The fourth-order valence-electron chi connectivity index (χ4n) is 2.86. The zero-order chi connectivity index (χ0) is 23.1. The van der Waals surface area contributed by atoms with E-state index < -0.39 is 10.0 Å². The third kappa shape index (κ3) is 5.52. The summed E-state index contributed by atoms with van der Waals surface area (Å²) in [4.78, 5) is 12.5. The van der Waals surface area contributed by atoms with Crippen LogP contribution in [0.3, 0.4) is 0 Å². The number of para-hydroxylation sites is 1. The number of hydrogen-bond donors (Lipinski definition) is 1. The van der Waals surface area contributed by atoms with Crippen molar-refractivity contribution in [1.29, 1.82) is 0 Å². The smallest absolute Gasteiger partial charge is 0.264 e. The maximum atomic E-state index is 12.8. The molecule has 0 saturated carbocycles. The second-order valence-corrected chi connectivity index (χ2v) is 9.11.